The maximum atomic E-state index is 14.0. The second-order valence-corrected chi connectivity index (χ2v) is 14.9. The SMILES string of the molecule is Nc1c(Cl)cc(C[C@@H](OC(=O)N2CCC(N3CCc4ccccc4NC3=O)CC2)C(=O)N2CCC(C3CCN(C(=O)C(=O)O)CC3)CC2)cc1C(F)(F)F. The number of alkyl halides is 3. The minimum absolute atomic E-state index is 0.0251. The van der Waals surface area contributed by atoms with Crippen LogP contribution in [0.25, 0.3) is 0 Å². The predicted octanol–water partition coefficient (Wildman–Crippen LogP) is 5.11. The number of carboxylic acid groups (broad SMARTS) is 1. The van der Waals surface area contributed by atoms with Crippen LogP contribution in [0, 0.1) is 11.8 Å². The van der Waals surface area contributed by atoms with Gasteiger partial charge in [-0.15, -0.1) is 0 Å². The van der Waals surface area contributed by atoms with E-state index in [-0.39, 0.29) is 54.0 Å². The molecule has 0 bridgehead atoms. The molecule has 54 heavy (non-hydrogen) atoms. The molecule has 4 aliphatic rings. The Morgan fingerprint density at radius 2 is 1.48 bits per heavy atom. The molecule has 4 aliphatic heterocycles. The highest BCUT2D eigenvalue weighted by Crippen LogP contribution is 2.39. The maximum Gasteiger partial charge on any atom is 0.418 e. The number of carbonyl (C=O) groups is 5. The number of piperidine rings is 3. The first-order valence-corrected chi connectivity index (χ1v) is 18.6. The van der Waals surface area contributed by atoms with E-state index in [9.17, 15) is 37.1 Å². The molecule has 4 heterocycles. The van der Waals surface area contributed by atoms with Gasteiger partial charge >= 0.3 is 30.2 Å². The molecule has 2 aromatic carbocycles. The number of carboxylic acids is 1. The van der Waals surface area contributed by atoms with Gasteiger partial charge in [-0.05, 0) is 86.1 Å². The molecule has 292 valence electrons. The largest absolute Gasteiger partial charge is 0.474 e. The van der Waals surface area contributed by atoms with Gasteiger partial charge < -0.3 is 40.5 Å². The maximum absolute atomic E-state index is 14.0. The Labute approximate surface area is 315 Å². The van der Waals surface area contributed by atoms with E-state index in [1.807, 2.05) is 24.3 Å². The number of ether oxygens (including phenoxy) is 1. The number of nitrogens with one attached hydrogen (secondary N) is 1. The second kappa shape index (κ2) is 16.3. The molecular formula is C37H44ClF3N6O7. The highest BCUT2D eigenvalue weighted by atomic mass is 35.5. The summed E-state index contributed by atoms with van der Waals surface area (Å²) in [7, 11) is 0. The molecule has 13 nitrogen and oxygen atoms in total. The Balaban J connectivity index is 1.10. The van der Waals surface area contributed by atoms with Crippen molar-refractivity contribution in [3.05, 3.63) is 58.1 Å². The number of para-hydroxylation sites is 1. The summed E-state index contributed by atoms with van der Waals surface area (Å²) in [6, 6.07) is 9.32. The third-order valence-electron chi connectivity index (χ3n) is 11.3. The van der Waals surface area contributed by atoms with Gasteiger partial charge in [0.2, 0.25) is 0 Å². The predicted molar refractivity (Wildman–Crippen MR) is 192 cm³/mol. The number of urea groups is 1. The zero-order valence-electron chi connectivity index (χ0n) is 29.7. The molecule has 5 amide bonds. The van der Waals surface area contributed by atoms with E-state index < -0.39 is 47.4 Å². The number of hydrogen-bond donors (Lipinski definition) is 3. The van der Waals surface area contributed by atoms with Gasteiger partial charge in [0.25, 0.3) is 5.91 Å². The zero-order chi connectivity index (χ0) is 38.7. The summed E-state index contributed by atoms with van der Waals surface area (Å²) in [5.41, 5.74) is 5.69. The molecule has 6 rings (SSSR count). The Kier molecular flexibility index (Phi) is 11.8. The minimum atomic E-state index is -4.81. The average Bonchev–Trinajstić information content (AvgIpc) is 3.33. The minimum Gasteiger partial charge on any atom is -0.474 e. The van der Waals surface area contributed by atoms with Crippen LogP contribution in [-0.2, 0) is 38.1 Å². The lowest BCUT2D eigenvalue weighted by Gasteiger charge is -2.41. The van der Waals surface area contributed by atoms with E-state index in [1.165, 1.54) is 15.9 Å². The number of nitrogen functional groups attached to an aromatic ring is 1. The van der Waals surface area contributed by atoms with Gasteiger partial charge in [0.15, 0.2) is 6.10 Å². The molecule has 2 aromatic rings. The van der Waals surface area contributed by atoms with Gasteiger partial charge in [-0.25, -0.2) is 14.4 Å². The first-order valence-electron chi connectivity index (χ1n) is 18.3. The quantitative estimate of drug-likeness (QED) is 0.269. The average molecular weight is 777 g/mol. The molecule has 0 aromatic heterocycles. The fourth-order valence-electron chi connectivity index (χ4n) is 8.22. The van der Waals surface area contributed by atoms with Gasteiger partial charge in [-0.2, -0.15) is 13.2 Å². The summed E-state index contributed by atoms with van der Waals surface area (Å²) in [5.74, 6) is -2.47. The number of nitrogens with two attached hydrogens (primary N) is 1. The lowest BCUT2D eigenvalue weighted by atomic mass is 9.78. The summed E-state index contributed by atoms with van der Waals surface area (Å²) in [6.45, 7) is 2.34. The number of nitrogens with zero attached hydrogens (tertiary/aromatic N) is 4. The van der Waals surface area contributed by atoms with E-state index in [4.69, 9.17) is 27.2 Å². The van der Waals surface area contributed by atoms with Crippen molar-refractivity contribution in [1.82, 2.24) is 19.6 Å². The van der Waals surface area contributed by atoms with Crippen molar-refractivity contribution >= 4 is 52.9 Å². The first-order chi connectivity index (χ1) is 25.7. The van der Waals surface area contributed by atoms with Gasteiger partial charge in [0, 0.05) is 64.0 Å². The van der Waals surface area contributed by atoms with Crippen LogP contribution in [0.3, 0.4) is 0 Å². The van der Waals surface area contributed by atoms with Crippen molar-refractivity contribution in [2.75, 3.05) is 56.9 Å². The van der Waals surface area contributed by atoms with Crippen LogP contribution < -0.4 is 11.1 Å². The number of aliphatic carboxylic acids is 1. The summed E-state index contributed by atoms with van der Waals surface area (Å²) in [5, 5.41) is 11.7. The summed E-state index contributed by atoms with van der Waals surface area (Å²) in [4.78, 5) is 69.8. The second-order valence-electron chi connectivity index (χ2n) is 14.5. The number of carbonyl (C=O) groups excluding carboxylic acids is 4. The van der Waals surface area contributed by atoms with Crippen LogP contribution in [0.15, 0.2) is 36.4 Å². The molecule has 0 radical (unpaired) electrons. The number of likely N-dealkylation sites (tertiary alicyclic amines) is 3. The third-order valence-corrected chi connectivity index (χ3v) is 11.6. The molecule has 0 aliphatic carbocycles. The van der Waals surface area contributed by atoms with Crippen molar-refractivity contribution in [1.29, 1.82) is 0 Å². The number of anilines is 2. The lowest BCUT2D eigenvalue weighted by molar-refractivity contribution is -0.156. The van der Waals surface area contributed by atoms with Crippen LogP contribution in [0.1, 0.15) is 55.2 Å². The number of amides is 5. The van der Waals surface area contributed by atoms with Gasteiger partial charge in [0.05, 0.1) is 16.3 Å². The van der Waals surface area contributed by atoms with Crippen LogP contribution >= 0.6 is 11.6 Å². The highest BCUT2D eigenvalue weighted by molar-refractivity contribution is 6.33. The molecular weight excluding hydrogens is 733 g/mol. The van der Waals surface area contributed by atoms with Crippen LogP contribution in [0.2, 0.25) is 5.02 Å². The Hall–Kier alpha value is -4.73. The number of hydrogen-bond acceptors (Lipinski definition) is 7. The third kappa shape index (κ3) is 8.79. The fourth-order valence-corrected chi connectivity index (χ4v) is 8.46. The Morgan fingerprint density at radius 1 is 0.889 bits per heavy atom. The Morgan fingerprint density at radius 3 is 2.09 bits per heavy atom. The number of halogens is 4. The molecule has 0 saturated carbocycles. The van der Waals surface area contributed by atoms with E-state index in [1.54, 1.807) is 9.80 Å². The molecule has 0 unspecified atom stereocenters. The fraction of sp³-hybridized carbons (Fsp3) is 0.541. The topological polar surface area (TPSA) is 166 Å². The molecule has 3 fully saturated rings. The molecule has 17 heteroatoms. The van der Waals surface area contributed by atoms with E-state index in [0.717, 1.165) is 17.3 Å². The standard InChI is InChI=1S/C37H44ClF3N6O7/c38-28-20-22(19-27(31(28)42)37(39,40)41)21-30(32(48)44-12-5-23(6-13-44)24-7-14-45(15-8-24)33(49)34(50)51)54-36(53)46-16-10-26(11-17-46)47-18-9-25-3-1-2-4-29(25)43-35(47)52/h1-4,19-20,23-24,26,30H,5-18,21,42H2,(H,43,52)(H,50,51)/t30-/m1/s1. The van der Waals surface area contributed by atoms with Gasteiger partial charge in [-0.3, -0.25) is 9.59 Å². The van der Waals surface area contributed by atoms with E-state index in [0.29, 0.717) is 77.7 Å². The van der Waals surface area contributed by atoms with E-state index in [2.05, 4.69) is 5.32 Å². The number of fused-ring (bicyclic) bond motifs is 1. The molecule has 3 saturated heterocycles. The summed E-state index contributed by atoms with van der Waals surface area (Å²) >= 11 is 6.10. The van der Waals surface area contributed by atoms with Crippen molar-refractivity contribution in [2.45, 2.75) is 69.7 Å². The normalized spacial score (nSPS) is 19.8. The monoisotopic (exact) mass is 776 g/mol. The van der Waals surface area contributed by atoms with Crippen molar-refractivity contribution < 1.29 is 47.0 Å². The van der Waals surface area contributed by atoms with Crippen LogP contribution in [0.4, 0.5) is 34.1 Å². The summed E-state index contributed by atoms with van der Waals surface area (Å²) < 4.78 is 47.3. The number of benzene rings is 2. The first kappa shape index (κ1) is 39.0. The van der Waals surface area contributed by atoms with Crippen molar-refractivity contribution in [3.63, 3.8) is 0 Å². The summed E-state index contributed by atoms with van der Waals surface area (Å²) in [6.07, 6.45) is -3.26. The van der Waals surface area contributed by atoms with E-state index >= 15 is 0 Å². The van der Waals surface area contributed by atoms with Crippen LogP contribution in [-0.4, -0.2) is 113 Å². The van der Waals surface area contributed by atoms with Crippen molar-refractivity contribution in [3.8, 4) is 0 Å². The molecule has 0 spiro atoms. The zero-order valence-corrected chi connectivity index (χ0v) is 30.4. The number of rotatable bonds is 6. The van der Waals surface area contributed by atoms with Crippen LogP contribution in [0.5, 0.6) is 0 Å². The highest BCUT2D eigenvalue weighted by Gasteiger charge is 2.39. The van der Waals surface area contributed by atoms with Gasteiger partial charge in [-0.1, -0.05) is 29.8 Å². The molecule has 1 atom stereocenters. The van der Waals surface area contributed by atoms with Gasteiger partial charge in [0.1, 0.15) is 0 Å². The molecule has 4 N–H and O–H groups in total. The lowest BCUT2D eigenvalue weighted by Crippen LogP contribution is -2.52. The smallest absolute Gasteiger partial charge is 0.418 e. The van der Waals surface area contributed by atoms with Crippen molar-refractivity contribution in [2.24, 2.45) is 11.8 Å². The Bertz CT molecular complexity index is 1760.